The number of nitrogens with zero attached hydrogens (tertiary/aromatic N) is 1. The number of halogens is 1. The third kappa shape index (κ3) is 4.92. The monoisotopic (exact) mass is 476 g/mol. The molecule has 3 aromatic carbocycles. The molecule has 0 saturated carbocycles. The lowest BCUT2D eigenvalue weighted by atomic mass is 9.95. The van der Waals surface area contributed by atoms with Gasteiger partial charge in [0.15, 0.2) is 11.5 Å². The molecule has 2 N–H and O–H groups in total. The van der Waals surface area contributed by atoms with Gasteiger partial charge in [-0.05, 0) is 47.9 Å². The average molecular weight is 477 g/mol. The van der Waals surface area contributed by atoms with E-state index in [1.165, 1.54) is 0 Å². The van der Waals surface area contributed by atoms with Crippen LogP contribution in [0.5, 0.6) is 17.2 Å². The van der Waals surface area contributed by atoms with E-state index in [4.69, 9.17) is 21.1 Å². The van der Waals surface area contributed by atoms with Crippen LogP contribution in [0.3, 0.4) is 0 Å². The highest BCUT2D eigenvalue weighted by atomic mass is 35.5. The fourth-order valence-electron chi connectivity index (χ4n) is 3.93. The molecule has 6 nitrogen and oxygen atoms in total. The summed E-state index contributed by atoms with van der Waals surface area (Å²) in [5.74, 6) is 0.860. The smallest absolute Gasteiger partial charge is 0.221 e. The fraction of sp³-hybridized carbons (Fsp3) is 0.185. The van der Waals surface area contributed by atoms with Crippen molar-refractivity contribution in [1.29, 1.82) is 0 Å². The molecule has 0 radical (unpaired) electrons. The molecule has 0 saturated heterocycles. The molecule has 1 unspecified atom stereocenters. The van der Waals surface area contributed by atoms with Crippen molar-refractivity contribution in [2.45, 2.75) is 18.9 Å². The Hall–Kier alpha value is -3.77. The first-order chi connectivity index (χ1) is 16.5. The highest BCUT2D eigenvalue weighted by Gasteiger charge is 2.24. The Morgan fingerprint density at radius 2 is 1.79 bits per heavy atom. The van der Waals surface area contributed by atoms with Crippen LogP contribution in [-0.2, 0) is 11.2 Å². The summed E-state index contributed by atoms with van der Waals surface area (Å²) in [5, 5.41) is 15.2. The van der Waals surface area contributed by atoms with Crippen molar-refractivity contribution in [2.75, 3.05) is 14.2 Å². The number of nitrogens with one attached hydrogen (secondary N) is 1. The molecule has 174 valence electrons. The molecule has 4 aromatic rings. The van der Waals surface area contributed by atoms with Crippen LogP contribution in [0.15, 0.2) is 72.9 Å². The minimum atomic E-state index is -0.688. The van der Waals surface area contributed by atoms with Crippen molar-refractivity contribution in [2.24, 2.45) is 0 Å². The number of benzene rings is 3. The quantitative estimate of drug-likeness (QED) is 0.353. The lowest BCUT2D eigenvalue weighted by Gasteiger charge is -2.23. The molecule has 4 rings (SSSR count). The first-order valence-electron chi connectivity index (χ1n) is 10.8. The standard InChI is InChI=1S/C27H25ClN2O4/c1-33-22-12-11-18(15-23(22)34-2)25(30-24(31)13-10-17-7-4-3-5-8-17)20-16-21(28)19-9-6-14-29-26(19)27(20)32/h3-9,11-12,14-16,25,32H,10,13H2,1-2H3,(H,30,31). The predicted octanol–water partition coefficient (Wildman–Crippen LogP) is 5.45. The first kappa shape index (κ1) is 23.4. The zero-order chi connectivity index (χ0) is 24.1. The van der Waals surface area contributed by atoms with Crippen molar-refractivity contribution >= 4 is 28.4 Å². The van der Waals surface area contributed by atoms with Crippen LogP contribution in [0.2, 0.25) is 5.02 Å². The number of fused-ring (bicyclic) bond motifs is 1. The minimum Gasteiger partial charge on any atom is -0.505 e. The Morgan fingerprint density at radius 3 is 2.53 bits per heavy atom. The van der Waals surface area contributed by atoms with Crippen LogP contribution >= 0.6 is 11.6 Å². The zero-order valence-corrected chi connectivity index (χ0v) is 19.7. The summed E-state index contributed by atoms with van der Waals surface area (Å²) in [5.41, 5.74) is 2.58. The number of aromatic hydroxyl groups is 1. The number of ether oxygens (including phenoxy) is 2. The van der Waals surface area contributed by atoms with Crippen LogP contribution < -0.4 is 14.8 Å². The number of rotatable bonds is 8. The van der Waals surface area contributed by atoms with Gasteiger partial charge in [-0.1, -0.05) is 48.0 Å². The molecule has 7 heteroatoms. The maximum absolute atomic E-state index is 13.0. The van der Waals surface area contributed by atoms with E-state index in [2.05, 4.69) is 10.3 Å². The molecule has 1 atom stereocenters. The Labute approximate surface area is 203 Å². The van der Waals surface area contributed by atoms with Gasteiger partial charge >= 0.3 is 0 Å². The van der Waals surface area contributed by atoms with Crippen molar-refractivity contribution in [3.63, 3.8) is 0 Å². The van der Waals surface area contributed by atoms with Gasteiger partial charge in [-0.3, -0.25) is 9.78 Å². The largest absolute Gasteiger partial charge is 0.505 e. The number of amides is 1. The second-order valence-electron chi connectivity index (χ2n) is 7.80. The molecule has 1 amide bonds. The van der Waals surface area contributed by atoms with Gasteiger partial charge in [0.2, 0.25) is 5.91 Å². The highest BCUT2D eigenvalue weighted by Crippen LogP contribution is 2.40. The molecule has 0 bridgehead atoms. The number of phenolic OH excluding ortho intramolecular Hbond substituents is 1. The van der Waals surface area contributed by atoms with E-state index in [0.717, 1.165) is 5.56 Å². The molecule has 0 spiro atoms. The van der Waals surface area contributed by atoms with Crippen molar-refractivity contribution in [3.05, 3.63) is 94.6 Å². The number of carbonyl (C=O) groups excluding carboxylic acids is 1. The Bertz CT molecular complexity index is 1310. The van der Waals surface area contributed by atoms with E-state index in [-0.39, 0.29) is 18.1 Å². The molecular weight excluding hydrogens is 452 g/mol. The molecule has 34 heavy (non-hydrogen) atoms. The number of pyridine rings is 1. The van der Waals surface area contributed by atoms with Gasteiger partial charge in [-0.2, -0.15) is 0 Å². The Kier molecular flexibility index (Phi) is 7.18. The van der Waals surface area contributed by atoms with Crippen LogP contribution in [-0.4, -0.2) is 30.2 Å². The van der Waals surface area contributed by atoms with E-state index < -0.39 is 6.04 Å². The van der Waals surface area contributed by atoms with E-state index in [1.54, 1.807) is 50.7 Å². The summed E-state index contributed by atoms with van der Waals surface area (Å²) < 4.78 is 10.8. The van der Waals surface area contributed by atoms with Crippen LogP contribution in [0.4, 0.5) is 0 Å². The van der Waals surface area contributed by atoms with E-state index >= 15 is 0 Å². The molecule has 0 aliphatic rings. The molecular formula is C27H25ClN2O4. The summed E-state index contributed by atoms with van der Waals surface area (Å²) in [4.78, 5) is 17.3. The van der Waals surface area contributed by atoms with Gasteiger partial charge < -0.3 is 19.9 Å². The van der Waals surface area contributed by atoms with Crippen LogP contribution in [0.25, 0.3) is 10.9 Å². The molecule has 0 aliphatic carbocycles. The number of aryl methyl sites for hydroxylation is 1. The topological polar surface area (TPSA) is 80.7 Å². The maximum Gasteiger partial charge on any atom is 0.221 e. The summed E-state index contributed by atoms with van der Waals surface area (Å²) in [6.45, 7) is 0. The van der Waals surface area contributed by atoms with Gasteiger partial charge in [0.25, 0.3) is 0 Å². The van der Waals surface area contributed by atoms with E-state index in [0.29, 0.717) is 45.0 Å². The number of hydrogen-bond acceptors (Lipinski definition) is 5. The SMILES string of the molecule is COc1ccc(C(NC(=O)CCc2ccccc2)c2cc(Cl)c3cccnc3c2O)cc1OC. The number of methoxy groups -OCH3 is 2. The fourth-order valence-corrected chi connectivity index (χ4v) is 4.20. The van der Waals surface area contributed by atoms with E-state index in [9.17, 15) is 9.90 Å². The average Bonchev–Trinajstić information content (AvgIpc) is 2.88. The lowest BCUT2D eigenvalue weighted by Crippen LogP contribution is -2.29. The van der Waals surface area contributed by atoms with Gasteiger partial charge in [0.1, 0.15) is 11.3 Å². The third-order valence-corrected chi connectivity index (χ3v) is 6.00. The normalized spacial score (nSPS) is 11.7. The number of hydrogen-bond donors (Lipinski definition) is 2. The Balaban J connectivity index is 1.74. The summed E-state index contributed by atoms with van der Waals surface area (Å²) in [6, 6.07) is 19.7. The number of phenols is 1. The second-order valence-corrected chi connectivity index (χ2v) is 8.20. The maximum atomic E-state index is 13.0. The summed E-state index contributed by atoms with van der Waals surface area (Å²) >= 11 is 6.54. The highest BCUT2D eigenvalue weighted by molar-refractivity contribution is 6.35. The van der Waals surface area contributed by atoms with Crippen molar-refractivity contribution in [3.8, 4) is 17.2 Å². The first-order valence-corrected chi connectivity index (χ1v) is 11.2. The van der Waals surface area contributed by atoms with E-state index in [1.807, 2.05) is 36.4 Å². The Morgan fingerprint density at radius 1 is 1.03 bits per heavy atom. The summed E-state index contributed by atoms with van der Waals surface area (Å²) in [7, 11) is 3.10. The minimum absolute atomic E-state index is 0.0388. The van der Waals surface area contributed by atoms with Gasteiger partial charge in [-0.15, -0.1) is 0 Å². The number of aromatic nitrogens is 1. The van der Waals surface area contributed by atoms with Crippen LogP contribution in [0.1, 0.15) is 29.2 Å². The van der Waals surface area contributed by atoms with Crippen LogP contribution in [0, 0.1) is 0 Å². The van der Waals surface area contributed by atoms with Crippen molar-refractivity contribution < 1.29 is 19.4 Å². The molecule has 0 fully saturated rings. The molecule has 0 aliphatic heterocycles. The molecule has 1 heterocycles. The van der Waals surface area contributed by atoms with Gasteiger partial charge in [0, 0.05) is 23.6 Å². The zero-order valence-electron chi connectivity index (χ0n) is 18.9. The summed E-state index contributed by atoms with van der Waals surface area (Å²) in [6.07, 6.45) is 2.47. The number of carbonyl (C=O) groups is 1. The molecule has 1 aromatic heterocycles. The predicted molar refractivity (Wildman–Crippen MR) is 133 cm³/mol. The van der Waals surface area contributed by atoms with Gasteiger partial charge in [-0.25, -0.2) is 0 Å². The third-order valence-electron chi connectivity index (χ3n) is 5.69. The van der Waals surface area contributed by atoms with Gasteiger partial charge in [0.05, 0.1) is 25.3 Å². The van der Waals surface area contributed by atoms with Crippen molar-refractivity contribution in [1.82, 2.24) is 10.3 Å². The second kappa shape index (κ2) is 10.4. The lowest BCUT2D eigenvalue weighted by molar-refractivity contribution is -0.121.